The molecule has 0 amide bonds. The van der Waals surface area contributed by atoms with Gasteiger partial charge in [-0.05, 0) is 18.2 Å². The van der Waals surface area contributed by atoms with Crippen LogP contribution < -0.4 is 0 Å². The predicted octanol–water partition coefficient (Wildman–Crippen LogP) is 3.90. The van der Waals surface area contributed by atoms with E-state index in [0.29, 0.717) is 22.2 Å². The average molecular weight is 334 g/mol. The lowest BCUT2D eigenvalue weighted by Crippen LogP contribution is -2.12. The zero-order valence-corrected chi connectivity index (χ0v) is 12.7. The Balaban J connectivity index is 2.15. The number of hydrogen-bond donors (Lipinski definition) is 0. The van der Waals surface area contributed by atoms with Gasteiger partial charge in [0.05, 0.1) is 18.2 Å². The van der Waals surface area contributed by atoms with Crippen LogP contribution in [-0.4, -0.2) is 22.9 Å². The van der Waals surface area contributed by atoms with E-state index in [1.54, 1.807) is 30.3 Å². The molecule has 0 atom stereocenters. The molecule has 124 valence electrons. The molecule has 3 rings (SSSR count). The third-order valence-electron chi connectivity index (χ3n) is 3.63. The second kappa shape index (κ2) is 5.99. The van der Waals surface area contributed by atoms with Crippen LogP contribution in [0.5, 0.6) is 0 Å². The molecular weight excluding hydrogens is 321 g/mol. The molecule has 0 saturated heterocycles. The lowest BCUT2D eigenvalue weighted by atomic mass is 10.0. The van der Waals surface area contributed by atoms with Gasteiger partial charge in [0.1, 0.15) is 12.2 Å². The number of alkyl halides is 3. The first-order valence-electron chi connectivity index (χ1n) is 7.10. The molecule has 1 aromatic heterocycles. The molecular formula is C17H13F3N2O2. The molecule has 0 bridgehead atoms. The monoisotopic (exact) mass is 334 g/mol. The fourth-order valence-electron chi connectivity index (χ4n) is 2.49. The van der Waals surface area contributed by atoms with Gasteiger partial charge in [0.25, 0.3) is 0 Å². The number of para-hydroxylation sites is 1. The van der Waals surface area contributed by atoms with Crippen LogP contribution in [-0.2, 0) is 22.3 Å². The number of nitrogens with zero attached hydrogens (tertiary/aromatic N) is 2. The largest absolute Gasteiger partial charge is 0.468 e. The molecule has 0 N–H and O–H groups in total. The molecule has 3 aromatic rings. The topological polar surface area (TPSA) is 44.1 Å². The molecule has 0 aliphatic carbocycles. The highest BCUT2D eigenvalue weighted by Gasteiger charge is 2.30. The van der Waals surface area contributed by atoms with Gasteiger partial charge in [-0.3, -0.25) is 9.48 Å². The number of halogens is 3. The Kier molecular flexibility index (Phi) is 4.01. The van der Waals surface area contributed by atoms with Crippen LogP contribution in [0.4, 0.5) is 13.2 Å². The van der Waals surface area contributed by atoms with Gasteiger partial charge in [0.15, 0.2) is 0 Å². The van der Waals surface area contributed by atoms with Crippen molar-refractivity contribution in [1.82, 2.24) is 9.78 Å². The Morgan fingerprint density at radius 3 is 2.62 bits per heavy atom. The van der Waals surface area contributed by atoms with E-state index in [4.69, 9.17) is 0 Å². The number of carbonyl (C=O) groups is 1. The minimum atomic E-state index is -4.43. The molecule has 0 aliphatic rings. The number of aromatic nitrogens is 2. The van der Waals surface area contributed by atoms with Crippen molar-refractivity contribution in [2.75, 3.05) is 7.11 Å². The predicted molar refractivity (Wildman–Crippen MR) is 82.2 cm³/mol. The van der Waals surface area contributed by atoms with Gasteiger partial charge in [0, 0.05) is 10.9 Å². The number of esters is 1. The molecule has 7 heteroatoms. The number of methoxy groups -OCH3 is 1. The molecule has 24 heavy (non-hydrogen) atoms. The molecule has 1 heterocycles. The van der Waals surface area contributed by atoms with Crippen LogP contribution in [0.3, 0.4) is 0 Å². The lowest BCUT2D eigenvalue weighted by molar-refractivity contribution is -0.141. The lowest BCUT2D eigenvalue weighted by Gasteiger charge is -2.07. The summed E-state index contributed by atoms with van der Waals surface area (Å²) in [5.74, 6) is -0.487. The number of fused-ring (bicyclic) bond motifs is 1. The fourth-order valence-corrected chi connectivity index (χ4v) is 2.49. The molecule has 4 nitrogen and oxygen atoms in total. The standard InChI is InChI=1S/C17H13F3N2O2/c1-24-15(23)10-22-14-8-3-2-7-13(14)16(21-22)11-5-4-6-12(9-11)17(18,19)20/h2-9H,10H2,1H3. The van der Waals surface area contributed by atoms with Crippen LogP contribution in [0.25, 0.3) is 22.2 Å². The maximum Gasteiger partial charge on any atom is 0.416 e. The summed E-state index contributed by atoms with van der Waals surface area (Å²) in [6.07, 6.45) is -4.43. The van der Waals surface area contributed by atoms with Gasteiger partial charge in [0.2, 0.25) is 0 Å². The quantitative estimate of drug-likeness (QED) is 0.683. The minimum absolute atomic E-state index is 0.115. The molecule has 0 radical (unpaired) electrons. The molecule has 0 unspecified atom stereocenters. The van der Waals surface area contributed by atoms with Crippen LogP contribution in [0, 0.1) is 0 Å². The van der Waals surface area contributed by atoms with Gasteiger partial charge >= 0.3 is 12.1 Å². The fraction of sp³-hybridized carbons (Fsp3) is 0.176. The van der Waals surface area contributed by atoms with Gasteiger partial charge in [-0.1, -0.05) is 30.3 Å². The average Bonchev–Trinajstić information content (AvgIpc) is 2.93. The van der Waals surface area contributed by atoms with Crippen LogP contribution in [0.2, 0.25) is 0 Å². The van der Waals surface area contributed by atoms with E-state index in [-0.39, 0.29) is 6.54 Å². The number of rotatable bonds is 3. The first kappa shape index (κ1) is 16.0. The third kappa shape index (κ3) is 2.97. The van der Waals surface area contributed by atoms with E-state index in [1.807, 2.05) is 0 Å². The van der Waals surface area contributed by atoms with Crippen molar-refractivity contribution >= 4 is 16.9 Å². The van der Waals surface area contributed by atoms with E-state index < -0.39 is 17.7 Å². The van der Waals surface area contributed by atoms with E-state index in [2.05, 4.69) is 9.84 Å². The number of ether oxygens (including phenoxy) is 1. The zero-order valence-electron chi connectivity index (χ0n) is 12.7. The minimum Gasteiger partial charge on any atom is -0.468 e. The van der Waals surface area contributed by atoms with Gasteiger partial charge < -0.3 is 4.74 Å². The number of carbonyl (C=O) groups excluding carboxylic acids is 1. The van der Waals surface area contributed by atoms with Gasteiger partial charge in [-0.15, -0.1) is 0 Å². The van der Waals surface area contributed by atoms with Crippen molar-refractivity contribution in [3.05, 3.63) is 54.1 Å². The summed E-state index contributed by atoms with van der Waals surface area (Å²) in [4.78, 5) is 11.5. The highest BCUT2D eigenvalue weighted by atomic mass is 19.4. The van der Waals surface area contributed by atoms with Crippen molar-refractivity contribution in [3.63, 3.8) is 0 Å². The molecule has 0 aliphatic heterocycles. The van der Waals surface area contributed by atoms with Crippen LogP contribution in [0.1, 0.15) is 5.56 Å². The normalized spacial score (nSPS) is 11.7. The smallest absolute Gasteiger partial charge is 0.416 e. The summed E-state index contributed by atoms with van der Waals surface area (Å²) in [7, 11) is 1.27. The zero-order chi connectivity index (χ0) is 17.3. The molecule has 0 fully saturated rings. The summed E-state index contributed by atoms with van der Waals surface area (Å²) in [6, 6.07) is 12.0. The van der Waals surface area contributed by atoms with E-state index >= 15 is 0 Å². The molecule has 0 spiro atoms. The Bertz CT molecular complexity index is 900. The van der Waals surface area contributed by atoms with E-state index in [9.17, 15) is 18.0 Å². The molecule has 0 saturated carbocycles. The van der Waals surface area contributed by atoms with Crippen LogP contribution in [0.15, 0.2) is 48.5 Å². The maximum absolute atomic E-state index is 12.9. The van der Waals surface area contributed by atoms with Crippen LogP contribution >= 0.6 is 0 Å². The van der Waals surface area contributed by atoms with Gasteiger partial charge in [-0.25, -0.2) is 0 Å². The summed E-state index contributed by atoms with van der Waals surface area (Å²) < 4.78 is 44.9. The van der Waals surface area contributed by atoms with E-state index in [1.165, 1.54) is 17.9 Å². The Hall–Kier alpha value is -2.83. The SMILES string of the molecule is COC(=O)Cn1nc(-c2cccc(C(F)(F)F)c2)c2ccccc21. The first-order valence-corrected chi connectivity index (χ1v) is 7.10. The molecule has 2 aromatic carbocycles. The summed E-state index contributed by atoms with van der Waals surface area (Å²) in [6.45, 7) is -0.115. The van der Waals surface area contributed by atoms with Gasteiger partial charge in [-0.2, -0.15) is 18.3 Å². The first-order chi connectivity index (χ1) is 11.4. The Morgan fingerprint density at radius 2 is 1.92 bits per heavy atom. The van der Waals surface area contributed by atoms with Crippen molar-refractivity contribution in [2.24, 2.45) is 0 Å². The Morgan fingerprint density at radius 1 is 1.17 bits per heavy atom. The number of benzene rings is 2. The van der Waals surface area contributed by atoms with E-state index in [0.717, 1.165) is 12.1 Å². The van der Waals surface area contributed by atoms with Crippen molar-refractivity contribution < 1.29 is 22.7 Å². The Labute approximate surface area is 135 Å². The summed E-state index contributed by atoms with van der Waals surface area (Å²) in [5, 5.41) is 4.99. The number of hydrogen-bond acceptors (Lipinski definition) is 3. The maximum atomic E-state index is 12.9. The third-order valence-corrected chi connectivity index (χ3v) is 3.63. The second-order valence-electron chi connectivity index (χ2n) is 5.18. The van der Waals surface area contributed by atoms with Crippen molar-refractivity contribution in [2.45, 2.75) is 12.7 Å². The summed E-state index contributed by atoms with van der Waals surface area (Å²) >= 11 is 0. The highest BCUT2D eigenvalue weighted by Crippen LogP contribution is 2.34. The van der Waals surface area contributed by atoms with Crippen molar-refractivity contribution in [1.29, 1.82) is 0 Å². The second-order valence-corrected chi connectivity index (χ2v) is 5.18. The van der Waals surface area contributed by atoms with Crippen molar-refractivity contribution in [3.8, 4) is 11.3 Å². The summed E-state index contributed by atoms with van der Waals surface area (Å²) in [5.41, 5.74) is 0.632. The highest BCUT2D eigenvalue weighted by molar-refractivity contribution is 5.94.